The van der Waals surface area contributed by atoms with Crippen molar-refractivity contribution in [3.05, 3.63) is 192 Å². The molecule has 2 aliphatic rings. The number of para-hydroxylation sites is 4. The van der Waals surface area contributed by atoms with Crippen LogP contribution in [-0.2, 0) is 5.41 Å². The Bertz CT molecular complexity index is 3990. The summed E-state index contributed by atoms with van der Waals surface area (Å²) in [4.78, 5) is 0. The number of aryl methyl sites for hydroxylation is 3. The van der Waals surface area contributed by atoms with Crippen LogP contribution in [0.25, 0.3) is 93.6 Å². The van der Waals surface area contributed by atoms with Crippen molar-refractivity contribution in [1.29, 1.82) is 0 Å². The molecule has 12 aromatic rings. The number of ether oxygens (including phenoxy) is 1. The fraction of sp³-hybridized carbons (Fsp3) is 0.115. The maximum atomic E-state index is 7.18. The van der Waals surface area contributed by atoms with Gasteiger partial charge in [0.2, 0.25) is 0 Å². The van der Waals surface area contributed by atoms with Gasteiger partial charge >= 0.3 is 0 Å². The van der Waals surface area contributed by atoms with Gasteiger partial charge in [-0.05, 0) is 143 Å². The van der Waals surface area contributed by atoms with Crippen molar-refractivity contribution in [1.82, 2.24) is 13.7 Å². The number of hydrogen-bond donors (Lipinski definition) is 0. The van der Waals surface area contributed by atoms with Crippen LogP contribution in [0.5, 0.6) is 11.5 Å². The van der Waals surface area contributed by atoms with E-state index in [1.165, 1.54) is 121 Å². The molecule has 0 amide bonds. The summed E-state index contributed by atoms with van der Waals surface area (Å²) in [6.07, 6.45) is 0. The van der Waals surface area contributed by atoms with E-state index in [-0.39, 0.29) is 12.1 Å². The Labute approximate surface area is 384 Å². The zero-order valence-corrected chi connectivity index (χ0v) is 38.0. The minimum absolute atomic E-state index is 0.0806. The van der Waals surface area contributed by atoms with Crippen LogP contribution in [-0.4, -0.2) is 20.4 Å². The lowest BCUT2D eigenvalue weighted by atomic mass is 9.34. The zero-order chi connectivity index (χ0) is 44.3. The molecular weight excluding hydrogens is 802 g/mol. The van der Waals surface area contributed by atoms with Gasteiger partial charge in [0, 0.05) is 54.9 Å². The maximum Gasteiger partial charge on any atom is 0.256 e. The molecule has 0 saturated heterocycles. The average Bonchev–Trinajstić information content (AvgIpc) is 3.95. The van der Waals surface area contributed by atoms with Crippen LogP contribution in [0.15, 0.2) is 170 Å². The Morgan fingerprint density at radius 1 is 0.439 bits per heavy atom. The summed E-state index contributed by atoms with van der Waals surface area (Å²) in [7, 11) is 0. The topological polar surface area (TPSA) is 24.0 Å². The minimum atomic E-state index is -0.110. The normalized spacial score (nSPS) is 13.1. The van der Waals surface area contributed by atoms with E-state index in [1.54, 1.807) is 0 Å². The van der Waals surface area contributed by atoms with Gasteiger partial charge in [0.15, 0.2) is 0 Å². The SMILES string of the molecule is Cc1cc(C)c(-c2ccc3c(c2)B2c4c(cc(C(C)(C)C)cc4-n4c5ccc(-n6c7ccccc7c7ccccc76)cc5c5cc(-n6c7ccccc7c7ccccc76)cc2c54)O3)c(C)c1. The number of aromatic nitrogens is 3. The van der Waals surface area contributed by atoms with Crippen LogP contribution in [0.4, 0.5) is 0 Å². The fourth-order valence-corrected chi connectivity index (χ4v) is 12.2. The summed E-state index contributed by atoms with van der Waals surface area (Å²) in [6, 6.07) is 63.8. The van der Waals surface area contributed by atoms with Gasteiger partial charge < -0.3 is 18.4 Å². The molecule has 0 N–H and O–H groups in total. The summed E-state index contributed by atoms with van der Waals surface area (Å²) in [5, 5.41) is 7.49. The molecule has 0 bridgehead atoms. The third-order valence-corrected chi connectivity index (χ3v) is 14.9. The monoisotopic (exact) mass is 847 g/mol. The number of fused-ring (bicyclic) bond motifs is 13. The molecule has 14 rings (SSSR count). The molecule has 0 atom stereocenters. The summed E-state index contributed by atoms with van der Waals surface area (Å²) >= 11 is 0. The van der Waals surface area contributed by atoms with Gasteiger partial charge in [-0.3, -0.25) is 0 Å². The molecule has 0 saturated carbocycles. The van der Waals surface area contributed by atoms with Crippen LogP contribution >= 0.6 is 0 Å². The minimum Gasteiger partial charge on any atom is -0.458 e. The van der Waals surface area contributed by atoms with Gasteiger partial charge in [0.1, 0.15) is 11.5 Å². The molecule has 9 aromatic carbocycles. The lowest BCUT2D eigenvalue weighted by Crippen LogP contribution is -2.58. The van der Waals surface area contributed by atoms with Crippen LogP contribution in [0, 0.1) is 20.8 Å². The standard InChI is InChI=1S/C61H46BN3O/c1-35-27-36(2)58(37(3)28-35)38-23-26-56-48(29-38)62-49-34-41(64-52-21-13-9-17-44(52)45-18-10-14-22-53(45)64)33-47-46-32-40(63-50-19-11-7-15-42(50)43-16-8-12-20-51(43)63)24-25-54(46)65(60(47)49)55-30-39(61(4,5)6)31-57(66-56)59(55)62/h7-34H,1-6H3. The van der Waals surface area contributed by atoms with Crippen molar-refractivity contribution >= 4 is 88.5 Å². The summed E-state index contributed by atoms with van der Waals surface area (Å²) in [6.45, 7) is 13.5. The first-order valence-electron chi connectivity index (χ1n) is 23.3. The highest BCUT2D eigenvalue weighted by molar-refractivity contribution is 6.99. The first-order valence-corrected chi connectivity index (χ1v) is 23.3. The second kappa shape index (κ2) is 13.2. The van der Waals surface area contributed by atoms with Crippen molar-refractivity contribution in [2.24, 2.45) is 0 Å². The second-order valence-corrected chi connectivity index (χ2v) is 19.9. The van der Waals surface area contributed by atoms with Gasteiger partial charge in [-0.1, -0.05) is 123 Å². The van der Waals surface area contributed by atoms with E-state index in [9.17, 15) is 0 Å². The highest BCUT2D eigenvalue weighted by Gasteiger charge is 2.42. The largest absolute Gasteiger partial charge is 0.458 e. The Hall–Kier alpha value is -7.76. The Morgan fingerprint density at radius 2 is 0.985 bits per heavy atom. The molecule has 66 heavy (non-hydrogen) atoms. The Balaban J connectivity index is 1.14. The van der Waals surface area contributed by atoms with Crippen LogP contribution in [0.2, 0.25) is 0 Å². The predicted molar refractivity (Wildman–Crippen MR) is 279 cm³/mol. The lowest BCUT2D eigenvalue weighted by molar-refractivity contribution is 0.483. The number of benzene rings is 9. The van der Waals surface area contributed by atoms with Crippen molar-refractivity contribution in [2.45, 2.75) is 47.0 Å². The molecule has 0 aliphatic carbocycles. The number of nitrogens with zero attached hydrogens (tertiary/aromatic N) is 3. The fourth-order valence-electron chi connectivity index (χ4n) is 12.2. The molecule has 0 spiro atoms. The summed E-state index contributed by atoms with van der Waals surface area (Å²) < 4.78 is 14.7. The molecule has 314 valence electrons. The molecule has 5 heterocycles. The van der Waals surface area contributed by atoms with Crippen molar-refractivity contribution in [3.63, 3.8) is 0 Å². The quantitative estimate of drug-likeness (QED) is 0.163. The van der Waals surface area contributed by atoms with Crippen molar-refractivity contribution in [2.75, 3.05) is 0 Å². The third-order valence-electron chi connectivity index (χ3n) is 14.9. The Kier molecular flexibility index (Phi) is 7.51. The van der Waals surface area contributed by atoms with E-state index in [0.29, 0.717) is 0 Å². The molecule has 4 nitrogen and oxygen atoms in total. The van der Waals surface area contributed by atoms with Gasteiger partial charge in [-0.15, -0.1) is 0 Å². The summed E-state index contributed by atoms with van der Waals surface area (Å²) in [5.41, 5.74) is 22.0. The molecular formula is C61H46BN3O. The smallest absolute Gasteiger partial charge is 0.256 e. The van der Waals surface area contributed by atoms with E-state index >= 15 is 0 Å². The first-order chi connectivity index (χ1) is 32.1. The van der Waals surface area contributed by atoms with Gasteiger partial charge in [-0.25, -0.2) is 0 Å². The number of hydrogen-bond acceptors (Lipinski definition) is 1. The van der Waals surface area contributed by atoms with E-state index in [0.717, 1.165) is 22.9 Å². The molecule has 0 radical (unpaired) electrons. The van der Waals surface area contributed by atoms with Crippen molar-refractivity contribution < 1.29 is 4.74 Å². The number of rotatable bonds is 3. The highest BCUT2D eigenvalue weighted by Crippen LogP contribution is 2.44. The predicted octanol–water partition coefficient (Wildman–Crippen LogP) is 13.8. The molecule has 0 fully saturated rings. The van der Waals surface area contributed by atoms with E-state index < -0.39 is 0 Å². The lowest BCUT2D eigenvalue weighted by Gasteiger charge is -2.35. The van der Waals surface area contributed by atoms with Gasteiger partial charge in [0.05, 0.1) is 27.6 Å². The second-order valence-electron chi connectivity index (χ2n) is 19.9. The van der Waals surface area contributed by atoms with E-state index in [4.69, 9.17) is 4.74 Å². The van der Waals surface area contributed by atoms with Gasteiger partial charge in [0.25, 0.3) is 6.71 Å². The third kappa shape index (κ3) is 5.06. The zero-order valence-electron chi connectivity index (χ0n) is 38.0. The molecule has 0 unspecified atom stereocenters. The van der Waals surface area contributed by atoms with E-state index in [1.807, 2.05) is 0 Å². The maximum absolute atomic E-state index is 7.18. The van der Waals surface area contributed by atoms with Crippen LogP contribution < -0.4 is 21.1 Å². The molecule has 3 aromatic heterocycles. The summed E-state index contributed by atoms with van der Waals surface area (Å²) in [5.74, 6) is 1.86. The first kappa shape index (κ1) is 37.6. The van der Waals surface area contributed by atoms with Crippen LogP contribution in [0.3, 0.4) is 0 Å². The van der Waals surface area contributed by atoms with Crippen LogP contribution in [0.1, 0.15) is 43.0 Å². The molecule has 5 heteroatoms. The average molecular weight is 848 g/mol. The highest BCUT2D eigenvalue weighted by atomic mass is 16.5. The van der Waals surface area contributed by atoms with E-state index in [2.05, 4.69) is 225 Å². The van der Waals surface area contributed by atoms with Gasteiger partial charge in [-0.2, -0.15) is 0 Å². The van der Waals surface area contributed by atoms with Crippen molar-refractivity contribution in [3.8, 4) is 39.7 Å². The Morgan fingerprint density at radius 3 is 1.58 bits per heavy atom. The molecule has 2 aliphatic heterocycles.